The molecule has 2 atom stereocenters. The predicted molar refractivity (Wildman–Crippen MR) is 144 cm³/mol. The van der Waals surface area contributed by atoms with Crippen LogP contribution in [0.4, 0.5) is 5.69 Å². The number of hydrogen-bond acceptors (Lipinski definition) is 6. The normalized spacial score (nSPS) is 23.4. The number of phenols is 1. The van der Waals surface area contributed by atoms with E-state index >= 15 is 0 Å². The number of benzene rings is 2. The summed E-state index contributed by atoms with van der Waals surface area (Å²) in [6, 6.07) is 19.9. The van der Waals surface area contributed by atoms with Gasteiger partial charge in [-0.05, 0) is 61.9 Å². The summed E-state index contributed by atoms with van der Waals surface area (Å²) in [7, 11) is 0. The van der Waals surface area contributed by atoms with E-state index in [9.17, 15) is 9.90 Å². The predicted octanol–water partition coefficient (Wildman–Crippen LogP) is 3.99. The summed E-state index contributed by atoms with van der Waals surface area (Å²) in [5.41, 5.74) is 2.90. The third kappa shape index (κ3) is 4.57. The first kappa shape index (κ1) is 23.9. The highest BCUT2D eigenvalue weighted by atomic mass is 16.3. The lowest BCUT2D eigenvalue weighted by molar-refractivity contribution is -0.140. The Morgan fingerprint density at radius 1 is 1.00 bits per heavy atom. The third-order valence-electron chi connectivity index (χ3n) is 8.66. The molecule has 2 N–H and O–H groups in total. The van der Waals surface area contributed by atoms with E-state index in [-0.39, 0.29) is 11.8 Å². The molecule has 0 saturated carbocycles. The molecule has 2 aromatic carbocycles. The molecule has 3 aromatic rings. The first-order valence-corrected chi connectivity index (χ1v) is 13.6. The van der Waals surface area contributed by atoms with Crippen LogP contribution in [0.15, 0.2) is 66.9 Å². The Labute approximate surface area is 218 Å². The number of nitrogens with one attached hydrogen (secondary N) is 1. The Kier molecular flexibility index (Phi) is 6.55. The minimum absolute atomic E-state index is 0.193. The van der Waals surface area contributed by atoms with Crippen molar-refractivity contribution in [1.82, 2.24) is 20.4 Å². The van der Waals surface area contributed by atoms with E-state index in [0.717, 1.165) is 63.2 Å². The number of carbonyl (C=O) groups is 1. The second-order valence-corrected chi connectivity index (χ2v) is 10.8. The summed E-state index contributed by atoms with van der Waals surface area (Å²) in [6.07, 6.45) is 6.79. The van der Waals surface area contributed by atoms with Crippen LogP contribution in [0.1, 0.15) is 37.7 Å². The number of phenolic OH excluding ortho intramolecular Hbond substituents is 1. The Balaban J connectivity index is 1.28. The third-order valence-corrected chi connectivity index (χ3v) is 8.66. The molecule has 3 aliphatic rings. The zero-order valence-electron chi connectivity index (χ0n) is 21.2. The lowest BCUT2D eigenvalue weighted by Crippen LogP contribution is -2.56. The molecule has 7 nitrogen and oxygen atoms in total. The van der Waals surface area contributed by atoms with Crippen molar-refractivity contribution in [2.75, 3.05) is 37.6 Å². The van der Waals surface area contributed by atoms with Gasteiger partial charge in [-0.2, -0.15) is 10.2 Å². The maximum Gasteiger partial charge on any atom is 0.233 e. The monoisotopic (exact) mass is 497 g/mol. The molecule has 37 heavy (non-hydrogen) atoms. The van der Waals surface area contributed by atoms with Crippen LogP contribution < -0.4 is 10.2 Å². The van der Waals surface area contributed by atoms with Gasteiger partial charge in [-0.25, -0.2) is 0 Å². The Morgan fingerprint density at radius 3 is 2.59 bits per heavy atom. The Hall–Kier alpha value is -3.45. The highest BCUT2D eigenvalue weighted by Crippen LogP contribution is 2.41. The maximum absolute atomic E-state index is 14.5. The zero-order chi connectivity index (χ0) is 25.2. The van der Waals surface area contributed by atoms with Crippen molar-refractivity contribution in [2.24, 2.45) is 5.92 Å². The Morgan fingerprint density at radius 2 is 1.78 bits per heavy atom. The van der Waals surface area contributed by atoms with E-state index in [1.807, 2.05) is 24.3 Å². The van der Waals surface area contributed by atoms with Crippen LogP contribution in [0.25, 0.3) is 11.3 Å². The molecule has 3 fully saturated rings. The fraction of sp³-hybridized carbons (Fsp3) is 0.433. The molecule has 2 bridgehead atoms. The standard InChI is InChI=1S/C30H35N5O2/c36-28-12-5-4-11-26(28)27-17-25(20-32-33-27)34-15-13-30(14-16-34,23-8-2-1-3-9-23)29(37)35-21-22-7-6-10-24(35)19-31-18-22/h1-5,8-9,11-12,17,20,22,24,31,36H,6-7,10,13-16,18-19,21H2. The minimum Gasteiger partial charge on any atom is -0.507 e. The number of aromatic hydroxyl groups is 1. The van der Waals surface area contributed by atoms with E-state index in [1.54, 1.807) is 18.3 Å². The number of hydrogen-bond donors (Lipinski definition) is 2. The molecular weight excluding hydrogens is 462 g/mol. The van der Waals surface area contributed by atoms with Crippen molar-refractivity contribution >= 4 is 11.6 Å². The van der Waals surface area contributed by atoms with Crippen molar-refractivity contribution < 1.29 is 9.90 Å². The molecule has 4 heterocycles. The summed E-state index contributed by atoms with van der Waals surface area (Å²) < 4.78 is 0. The number of rotatable bonds is 4. The van der Waals surface area contributed by atoms with Crippen LogP contribution in [0.5, 0.6) is 5.75 Å². The first-order valence-electron chi connectivity index (χ1n) is 13.6. The van der Waals surface area contributed by atoms with Gasteiger partial charge in [-0.15, -0.1) is 0 Å². The van der Waals surface area contributed by atoms with Gasteiger partial charge >= 0.3 is 0 Å². The second-order valence-electron chi connectivity index (χ2n) is 10.8. The molecule has 1 amide bonds. The number of aromatic nitrogens is 2. The second kappa shape index (κ2) is 10.1. The lowest BCUT2D eigenvalue weighted by Gasteiger charge is -2.45. The number of nitrogens with zero attached hydrogens (tertiary/aromatic N) is 4. The van der Waals surface area contributed by atoms with E-state index in [1.165, 1.54) is 12.8 Å². The molecule has 7 heteroatoms. The van der Waals surface area contributed by atoms with Gasteiger partial charge in [0, 0.05) is 37.8 Å². The SMILES string of the molecule is O=C(N1CC2CCCC1CNC2)C1(c2ccccc2)CCN(c2cnnc(-c3ccccc3O)c2)CC1. The summed E-state index contributed by atoms with van der Waals surface area (Å²) in [6.45, 7) is 4.30. The van der Waals surface area contributed by atoms with E-state index in [2.05, 4.69) is 49.6 Å². The van der Waals surface area contributed by atoms with Crippen LogP contribution in [-0.2, 0) is 10.2 Å². The molecule has 6 rings (SSSR count). The lowest BCUT2D eigenvalue weighted by atomic mass is 9.71. The van der Waals surface area contributed by atoms with Crippen LogP contribution >= 0.6 is 0 Å². The zero-order valence-corrected chi connectivity index (χ0v) is 21.2. The van der Waals surface area contributed by atoms with Crippen molar-refractivity contribution in [2.45, 2.75) is 43.6 Å². The number of piperidine rings is 1. The van der Waals surface area contributed by atoms with E-state index in [4.69, 9.17) is 0 Å². The summed E-state index contributed by atoms with van der Waals surface area (Å²) >= 11 is 0. The maximum atomic E-state index is 14.5. The summed E-state index contributed by atoms with van der Waals surface area (Å²) in [4.78, 5) is 19.1. The van der Waals surface area contributed by atoms with Crippen molar-refractivity contribution in [3.05, 3.63) is 72.4 Å². The van der Waals surface area contributed by atoms with Gasteiger partial charge in [-0.3, -0.25) is 4.79 Å². The van der Waals surface area contributed by atoms with E-state index in [0.29, 0.717) is 23.1 Å². The number of para-hydroxylation sites is 1. The quantitative estimate of drug-likeness (QED) is 0.567. The van der Waals surface area contributed by atoms with Crippen molar-refractivity contribution in [3.8, 4) is 17.0 Å². The van der Waals surface area contributed by atoms with E-state index < -0.39 is 5.41 Å². The van der Waals surface area contributed by atoms with Gasteiger partial charge in [0.15, 0.2) is 0 Å². The number of fused-ring (bicyclic) bond motifs is 3. The number of amides is 1. The van der Waals surface area contributed by atoms with Gasteiger partial charge in [0.05, 0.1) is 23.0 Å². The average Bonchev–Trinajstić information content (AvgIpc) is 3.27. The fourth-order valence-corrected chi connectivity index (χ4v) is 6.55. The summed E-state index contributed by atoms with van der Waals surface area (Å²) in [5.74, 6) is 1.04. The molecular formula is C30H35N5O2. The molecule has 3 saturated heterocycles. The highest BCUT2D eigenvalue weighted by Gasteiger charge is 2.47. The van der Waals surface area contributed by atoms with Gasteiger partial charge in [0.25, 0.3) is 0 Å². The van der Waals surface area contributed by atoms with Crippen molar-refractivity contribution in [1.29, 1.82) is 0 Å². The minimum atomic E-state index is -0.518. The fourth-order valence-electron chi connectivity index (χ4n) is 6.55. The average molecular weight is 498 g/mol. The van der Waals surface area contributed by atoms with Gasteiger partial charge in [-0.1, -0.05) is 48.9 Å². The smallest absolute Gasteiger partial charge is 0.233 e. The van der Waals surface area contributed by atoms with Crippen LogP contribution in [-0.4, -0.2) is 64.9 Å². The molecule has 192 valence electrons. The number of anilines is 1. The molecule has 0 aliphatic carbocycles. The molecule has 3 aliphatic heterocycles. The first-order chi connectivity index (χ1) is 18.1. The van der Waals surface area contributed by atoms with Crippen LogP contribution in [0.2, 0.25) is 0 Å². The summed E-state index contributed by atoms with van der Waals surface area (Å²) in [5, 5.41) is 22.4. The Bertz CT molecular complexity index is 1230. The van der Waals surface area contributed by atoms with Gasteiger partial charge in [0.1, 0.15) is 5.75 Å². The molecule has 0 spiro atoms. The molecule has 0 radical (unpaired) electrons. The van der Waals surface area contributed by atoms with Crippen LogP contribution in [0.3, 0.4) is 0 Å². The van der Waals surface area contributed by atoms with Crippen LogP contribution in [0, 0.1) is 5.92 Å². The highest BCUT2D eigenvalue weighted by molar-refractivity contribution is 5.89. The molecule has 1 aromatic heterocycles. The largest absolute Gasteiger partial charge is 0.507 e. The van der Waals surface area contributed by atoms with Crippen molar-refractivity contribution in [3.63, 3.8) is 0 Å². The molecule has 2 unspecified atom stereocenters. The topological polar surface area (TPSA) is 81.6 Å². The van der Waals surface area contributed by atoms with Gasteiger partial charge in [0.2, 0.25) is 5.91 Å². The van der Waals surface area contributed by atoms with Gasteiger partial charge < -0.3 is 20.2 Å². The number of carbonyl (C=O) groups excluding carboxylic acids is 1.